The van der Waals surface area contributed by atoms with E-state index in [1.165, 1.54) is 6.92 Å². The fourth-order valence-corrected chi connectivity index (χ4v) is 3.44. The molecule has 2 amide bonds. The molecule has 1 fully saturated rings. The average molecular weight is 415 g/mol. The van der Waals surface area contributed by atoms with Crippen LogP contribution in [0.3, 0.4) is 0 Å². The van der Waals surface area contributed by atoms with Crippen LogP contribution in [0.25, 0.3) is 0 Å². The van der Waals surface area contributed by atoms with E-state index >= 15 is 0 Å². The van der Waals surface area contributed by atoms with E-state index in [2.05, 4.69) is 0 Å². The number of carbonyl (C=O) groups excluding carboxylic acids is 2. The molecule has 1 aromatic carbocycles. The molecule has 2 atom stereocenters. The number of hydrogen-bond donors (Lipinski definition) is 0. The van der Waals surface area contributed by atoms with Crippen molar-refractivity contribution >= 4 is 40.7 Å². The molecular formula is C16H16Cl2F4N2O2. The first-order valence-corrected chi connectivity index (χ1v) is 8.30. The maximum atomic E-state index is 13.7. The third kappa shape index (κ3) is 3.49. The topological polar surface area (TPSA) is 40.6 Å². The number of nitrogens with zero attached hydrogens (tertiary/aromatic N) is 2. The van der Waals surface area contributed by atoms with Crippen molar-refractivity contribution in [3.8, 4) is 0 Å². The Balaban J connectivity index is 2.65. The summed E-state index contributed by atoms with van der Waals surface area (Å²) in [5.74, 6) is -3.78. The van der Waals surface area contributed by atoms with Crippen LogP contribution < -0.4 is 4.90 Å². The van der Waals surface area contributed by atoms with Gasteiger partial charge in [-0.3, -0.25) is 14.5 Å². The molecule has 0 spiro atoms. The van der Waals surface area contributed by atoms with Gasteiger partial charge >= 0.3 is 12.1 Å². The number of anilines is 1. The van der Waals surface area contributed by atoms with Gasteiger partial charge in [0.2, 0.25) is 0 Å². The molecule has 0 radical (unpaired) electrons. The second-order valence-electron chi connectivity index (χ2n) is 7.06. The van der Waals surface area contributed by atoms with Crippen LogP contribution >= 0.6 is 23.2 Å². The summed E-state index contributed by atoms with van der Waals surface area (Å²) >= 11 is 11.5. The third-order valence-corrected chi connectivity index (χ3v) is 4.57. The molecule has 1 saturated heterocycles. The summed E-state index contributed by atoms with van der Waals surface area (Å²) in [4.78, 5) is 26.2. The second kappa shape index (κ2) is 6.56. The molecule has 26 heavy (non-hydrogen) atoms. The van der Waals surface area contributed by atoms with Gasteiger partial charge in [0, 0.05) is 11.1 Å². The van der Waals surface area contributed by atoms with Crippen LogP contribution in [0.15, 0.2) is 12.1 Å². The monoisotopic (exact) mass is 414 g/mol. The molecular weight excluding hydrogens is 399 g/mol. The van der Waals surface area contributed by atoms with E-state index in [9.17, 15) is 27.2 Å². The fourth-order valence-electron chi connectivity index (χ4n) is 2.96. The lowest BCUT2D eigenvalue weighted by Crippen LogP contribution is -2.55. The first-order chi connectivity index (χ1) is 11.7. The van der Waals surface area contributed by atoms with E-state index < -0.39 is 41.4 Å². The van der Waals surface area contributed by atoms with E-state index in [-0.39, 0.29) is 15.7 Å². The second-order valence-corrected chi connectivity index (χ2v) is 7.87. The summed E-state index contributed by atoms with van der Waals surface area (Å²) in [6.07, 6.45) is -6.41. The quantitative estimate of drug-likeness (QED) is 0.496. The highest BCUT2D eigenvalue weighted by Crippen LogP contribution is 2.41. The lowest BCUT2D eigenvalue weighted by atomic mass is 9.90. The lowest BCUT2D eigenvalue weighted by molar-refractivity contribution is -0.190. The Kier molecular flexibility index (Phi) is 5.24. The standard InChI is InChI=1S/C16H16Cl2F4N2O2/c1-7-12(25)24(8-5-9(17)11(19)10(18)6-8)13(15(2,3)4)23(7)14(26)16(20,21)22/h5-7,13H,1-4H3/t7?,13-/m0/s1. The number of hydrogen-bond acceptors (Lipinski definition) is 2. The number of amides is 2. The van der Waals surface area contributed by atoms with Crippen LogP contribution in [0, 0.1) is 11.2 Å². The van der Waals surface area contributed by atoms with Crippen molar-refractivity contribution in [2.24, 2.45) is 5.41 Å². The van der Waals surface area contributed by atoms with Gasteiger partial charge in [0.15, 0.2) is 5.82 Å². The highest BCUT2D eigenvalue weighted by Gasteiger charge is 2.57. The van der Waals surface area contributed by atoms with Gasteiger partial charge in [0.1, 0.15) is 12.2 Å². The predicted octanol–water partition coefficient (Wildman–Crippen LogP) is 4.63. The van der Waals surface area contributed by atoms with E-state index in [0.29, 0.717) is 4.90 Å². The molecule has 0 saturated carbocycles. The van der Waals surface area contributed by atoms with Crippen molar-refractivity contribution in [3.05, 3.63) is 28.0 Å². The zero-order chi connectivity index (χ0) is 20.2. The highest BCUT2D eigenvalue weighted by atomic mass is 35.5. The average Bonchev–Trinajstić information content (AvgIpc) is 2.75. The summed E-state index contributed by atoms with van der Waals surface area (Å²) in [6.45, 7) is 5.95. The highest BCUT2D eigenvalue weighted by molar-refractivity contribution is 6.35. The maximum Gasteiger partial charge on any atom is 0.471 e. The fraction of sp³-hybridized carbons (Fsp3) is 0.500. The van der Waals surface area contributed by atoms with Crippen molar-refractivity contribution < 1.29 is 27.2 Å². The minimum absolute atomic E-state index is 0.00986. The number of alkyl halides is 3. The van der Waals surface area contributed by atoms with Crippen LogP contribution in [-0.2, 0) is 9.59 Å². The Morgan fingerprint density at radius 3 is 1.96 bits per heavy atom. The van der Waals surface area contributed by atoms with E-state index in [0.717, 1.165) is 17.0 Å². The third-order valence-electron chi connectivity index (χ3n) is 4.02. The molecule has 144 valence electrons. The van der Waals surface area contributed by atoms with Gasteiger partial charge in [-0.25, -0.2) is 4.39 Å². The van der Waals surface area contributed by atoms with Crippen LogP contribution in [0.2, 0.25) is 10.0 Å². The van der Waals surface area contributed by atoms with Gasteiger partial charge in [-0.1, -0.05) is 44.0 Å². The molecule has 2 rings (SSSR count). The van der Waals surface area contributed by atoms with Crippen molar-refractivity contribution in [1.82, 2.24) is 4.90 Å². The van der Waals surface area contributed by atoms with Gasteiger partial charge in [0.25, 0.3) is 5.91 Å². The molecule has 10 heteroatoms. The number of carbonyl (C=O) groups is 2. The molecule has 0 aromatic heterocycles. The van der Waals surface area contributed by atoms with E-state index in [1.807, 2.05) is 0 Å². The molecule has 1 aromatic rings. The molecule has 1 aliphatic rings. The molecule has 1 unspecified atom stereocenters. The Hall–Kier alpha value is -1.54. The van der Waals surface area contributed by atoms with Gasteiger partial charge in [-0.2, -0.15) is 13.2 Å². The summed E-state index contributed by atoms with van der Waals surface area (Å²) in [5, 5.41) is -0.776. The first-order valence-electron chi connectivity index (χ1n) is 7.55. The summed E-state index contributed by atoms with van der Waals surface area (Å²) in [7, 11) is 0. The number of halogens is 6. The SMILES string of the molecule is CC1C(=O)N(c2cc(Cl)c(F)c(Cl)c2)[C@@H](C(C)(C)C)N1C(=O)C(F)(F)F. The van der Waals surface area contributed by atoms with Crippen molar-refractivity contribution in [2.45, 2.75) is 46.1 Å². The zero-order valence-corrected chi connectivity index (χ0v) is 15.8. The predicted molar refractivity (Wildman–Crippen MR) is 89.5 cm³/mol. The Morgan fingerprint density at radius 1 is 1.12 bits per heavy atom. The van der Waals surface area contributed by atoms with Gasteiger partial charge in [-0.15, -0.1) is 0 Å². The maximum absolute atomic E-state index is 13.7. The smallest absolute Gasteiger partial charge is 0.302 e. The molecule has 0 bridgehead atoms. The molecule has 0 aliphatic carbocycles. The van der Waals surface area contributed by atoms with E-state index in [4.69, 9.17) is 23.2 Å². The minimum Gasteiger partial charge on any atom is -0.302 e. The normalized spacial score (nSPS) is 21.5. The molecule has 1 heterocycles. The zero-order valence-electron chi connectivity index (χ0n) is 14.3. The van der Waals surface area contributed by atoms with Crippen LogP contribution in [0.5, 0.6) is 0 Å². The minimum atomic E-state index is -5.15. The van der Waals surface area contributed by atoms with Gasteiger partial charge < -0.3 is 4.90 Å². The molecule has 4 nitrogen and oxygen atoms in total. The first kappa shape index (κ1) is 20.8. The Labute approximate surface area is 157 Å². The van der Waals surface area contributed by atoms with E-state index in [1.54, 1.807) is 20.8 Å². The van der Waals surface area contributed by atoms with Crippen LogP contribution in [0.1, 0.15) is 27.7 Å². The Bertz CT molecular complexity index is 739. The van der Waals surface area contributed by atoms with Crippen LogP contribution in [-0.4, -0.2) is 35.1 Å². The number of rotatable bonds is 1. The molecule has 1 aliphatic heterocycles. The Morgan fingerprint density at radius 2 is 1.58 bits per heavy atom. The van der Waals surface area contributed by atoms with Gasteiger partial charge in [0.05, 0.1) is 10.0 Å². The summed E-state index contributed by atoms with van der Waals surface area (Å²) < 4.78 is 52.9. The summed E-state index contributed by atoms with van der Waals surface area (Å²) in [6, 6.07) is 0.817. The van der Waals surface area contributed by atoms with Crippen molar-refractivity contribution in [3.63, 3.8) is 0 Å². The van der Waals surface area contributed by atoms with Crippen molar-refractivity contribution in [1.29, 1.82) is 0 Å². The molecule has 0 N–H and O–H groups in total. The summed E-state index contributed by atoms with van der Waals surface area (Å²) in [5.41, 5.74) is -0.940. The number of benzene rings is 1. The van der Waals surface area contributed by atoms with Crippen molar-refractivity contribution in [2.75, 3.05) is 4.90 Å². The van der Waals surface area contributed by atoms with Gasteiger partial charge in [-0.05, 0) is 19.1 Å². The lowest BCUT2D eigenvalue weighted by Gasteiger charge is -2.40. The largest absolute Gasteiger partial charge is 0.471 e. The van der Waals surface area contributed by atoms with Crippen LogP contribution in [0.4, 0.5) is 23.2 Å².